The van der Waals surface area contributed by atoms with Crippen molar-refractivity contribution < 1.29 is 4.79 Å². The highest BCUT2D eigenvalue weighted by Gasteiger charge is 2.38. The lowest BCUT2D eigenvalue weighted by atomic mass is 9.99. The fourth-order valence-electron chi connectivity index (χ4n) is 3.82. The molecule has 2 aromatic rings. The number of para-hydroxylation sites is 1. The molecule has 1 atom stereocenters. The van der Waals surface area contributed by atoms with Gasteiger partial charge in [0.05, 0.1) is 5.52 Å². The molecule has 0 bridgehead atoms. The summed E-state index contributed by atoms with van der Waals surface area (Å²) in [6.45, 7) is 5.97. The number of benzene rings is 1. The smallest absolute Gasteiger partial charge is 0.227 e. The van der Waals surface area contributed by atoms with Crippen molar-refractivity contribution in [2.45, 2.75) is 25.8 Å². The van der Waals surface area contributed by atoms with Crippen molar-refractivity contribution in [1.29, 1.82) is 0 Å². The number of halogens is 2. The normalized spacial score (nSPS) is 19.4. The number of nitrogens with one attached hydrogen (secondary N) is 1. The lowest BCUT2D eigenvalue weighted by Gasteiger charge is -2.35. The molecular weight excluding hydrogens is 345 g/mol. The summed E-state index contributed by atoms with van der Waals surface area (Å²) in [4.78, 5) is 14.6. The second kappa shape index (κ2) is 7.87. The number of nitrogens with zero attached hydrogens (tertiary/aromatic N) is 2. The van der Waals surface area contributed by atoms with Gasteiger partial charge in [0.2, 0.25) is 5.91 Å². The van der Waals surface area contributed by atoms with E-state index in [9.17, 15) is 4.79 Å². The lowest BCUT2D eigenvalue weighted by molar-refractivity contribution is 0.0940. The summed E-state index contributed by atoms with van der Waals surface area (Å²) in [5.74, 6) is 0.849. The van der Waals surface area contributed by atoms with E-state index in [2.05, 4.69) is 34.6 Å². The third-order valence-electron chi connectivity index (χ3n) is 5.01. The van der Waals surface area contributed by atoms with E-state index < -0.39 is 0 Å². The lowest BCUT2D eigenvalue weighted by Crippen LogP contribution is -2.45. The molecule has 1 saturated heterocycles. The second-order valence-corrected chi connectivity index (χ2v) is 6.56. The average molecular weight is 370 g/mol. The van der Waals surface area contributed by atoms with Crippen molar-refractivity contribution in [3.05, 3.63) is 36.0 Å². The van der Waals surface area contributed by atoms with Gasteiger partial charge in [-0.05, 0) is 30.4 Å². The minimum Gasteiger partial charge on any atom is -0.314 e. The maximum atomic E-state index is 12.0. The zero-order valence-corrected chi connectivity index (χ0v) is 15.5. The van der Waals surface area contributed by atoms with Gasteiger partial charge >= 0.3 is 0 Å². The van der Waals surface area contributed by atoms with Crippen LogP contribution in [0.25, 0.3) is 10.9 Å². The molecule has 1 aliphatic carbocycles. The monoisotopic (exact) mass is 369 g/mol. The van der Waals surface area contributed by atoms with Gasteiger partial charge in [-0.3, -0.25) is 14.3 Å². The minimum atomic E-state index is 0. The number of aromatic nitrogens is 1. The zero-order valence-electron chi connectivity index (χ0n) is 13.9. The summed E-state index contributed by atoms with van der Waals surface area (Å²) in [5.41, 5.74) is 2.39. The third kappa shape index (κ3) is 3.47. The molecule has 1 aromatic heterocycles. The topological polar surface area (TPSA) is 37.3 Å². The van der Waals surface area contributed by atoms with Crippen LogP contribution in [0.15, 0.2) is 30.5 Å². The van der Waals surface area contributed by atoms with E-state index in [1.54, 1.807) is 6.92 Å². The van der Waals surface area contributed by atoms with Gasteiger partial charge in [-0.25, -0.2) is 0 Å². The maximum Gasteiger partial charge on any atom is 0.227 e. The van der Waals surface area contributed by atoms with Gasteiger partial charge in [0, 0.05) is 50.7 Å². The van der Waals surface area contributed by atoms with Crippen LogP contribution in [0.5, 0.6) is 0 Å². The van der Waals surface area contributed by atoms with E-state index in [1.807, 2.05) is 10.6 Å². The summed E-state index contributed by atoms with van der Waals surface area (Å²) in [6.07, 6.45) is 4.72. The molecule has 0 radical (unpaired) electrons. The Labute approximate surface area is 155 Å². The maximum absolute atomic E-state index is 12.0. The standard InChI is InChI=1S/C18H23N3O.2ClH/c1-13(22)21-12-16(15-4-2-3-5-17(15)21)18(14-6-7-14)20-10-8-19-9-11-20;;/h2-5,12,14,18-19H,6-11H2,1H3;2*1H/t18-;;/m1../s1. The van der Waals surface area contributed by atoms with E-state index in [1.165, 1.54) is 23.8 Å². The van der Waals surface area contributed by atoms with Crippen LogP contribution in [0.1, 0.15) is 36.2 Å². The SMILES string of the molecule is CC(=O)n1cc([C@@H](C2CC2)N2CCNCC2)c2ccccc21.Cl.Cl. The van der Waals surface area contributed by atoms with Gasteiger partial charge in [-0.2, -0.15) is 0 Å². The van der Waals surface area contributed by atoms with E-state index in [4.69, 9.17) is 0 Å². The van der Waals surface area contributed by atoms with E-state index >= 15 is 0 Å². The van der Waals surface area contributed by atoms with E-state index in [-0.39, 0.29) is 30.7 Å². The number of fused-ring (bicyclic) bond motifs is 1. The number of piperazine rings is 1. The summed E-state index contributed by atoms with van der Waals surface area (Å²) in [7, 11) is 0. The highest BCUT2D eigenvalue weighted by atomic mass is 35.5. The van der Waals surface area contributed by atoms with Gasteiger partial charge in [0.1, 0.15) is 0 Å². The Bertz CT molecular complexity index is 705. The predicted molar refractivity (Wildman–Crippen MR) is 103 cm³/mol. The zero-order chi connectivity index (χ0) is 15.1. The Balaban J connectivity index is 0.00000104. The molecule has 6 heteroatoms. The Morgan fingerprint density at radius 1 is 1.17 bits per heavy atom. The van der Waals surface area contributed by atoms with Gasteiger partial charge in [0.15, 0.2) is 0 Å². The first-order chi connectivity index (χ1) is 10.8. The largest absolute Gasteiger partial charge is 0.314 e. The summed E-state index contributed by atoms with van der Waals surface area (Å²) < 4.78 is 1.82. The Morgan fingerprint density at radius 3 is 2.46 bits per heavy atom. The fraction of sp³-hybridized carbons (Fsp3) is 0.500. The summed E-state index contributed by atoms with van der Waals surface area (Å²) >= 11 is 0. The van der Waals surface area contributed by atoms with Gasteiger partial charge in [-0.1, -0.05) is 18.2 Å². The molecule has 1 aromatic carbocycles. The number of rotatable bonds is 3. The molecule has 24 heavy (non-hydrogen) atoms. The number of hydrogen-bond acceptors (Lipinski definition) is 3. The molecule has 1 aliphatic heterocycles. The van der Waals surface area contributed by atoms with Crippen molar-refractivity contribution >= 4 is 41.6 Å². The molecule has 2 aliphatic rings. The third-order valence-corrected chi connectivity index (χ3v) is 5.01. The quantitative estimate of drug-likeness (QED) is 0.899. The predicted octanol–water partition coefficient (Wildman–Crippen LogP) is 3.50. The molecule has 2 heterocycles. The van der Waals surface area contributed by atoms with Crippen molar-refractivity contribution in [1.82, 2.24) is 14.8 Å². The van der Waals surface area contributed by atoms with Crippen molar-refractivity contribution in [3.8, 4) is 0 Å². The molecule has 132 valence electrons. The van der Waals surface area contributed by atoms with Crippen molar-refractivity contribution in [2.75, 3.05) is 26.2 Å². The second-order valence-electron chi connectivity index (χ2n) is 6.56. The van der Waals surface area contributed by atoms with Crippen LogP contribution in [0.4, 0.5) is 0 Å². The average Bonchev–Trinajstić information content (AvgIpc) is 3.30. The van der Waals surface area contributed by atoms with Gasteiger partial charge in [-0.15, -0.1) is 24.8 Å². The van der Waals surface area contributed by atoms with Crippen LogP contribution in [0.2, 0.25) is 0 Å². The van der Waals surface area contributed by atoms with Crippen LogP contribution >= 0.6 is 24.8 Å². The van der Waals surface area contributed by atoms with Gasteiger partial charge < -0.3 is 5.32 Å². The summed E-state index contributed by atoms with van der Waals surface area (Å²) in [6, 6.07) is 8.79. The molecule has 0 spiro atoms. The van der Waals surface area contributed by atoms with Crippen LogP contribution in [-0.4, -0.2) is 41.6 Å². The first kappa shape index (κ1) is 19.3. The molecule has 4 nitrogen and oxygen atoms in total. The Kier molecular flexibility index (Phi) is 6.32. The van der Waals surface area contributed by atoms with Crippen LogP contribution < -0.4 is 5.32 Å². The molecule has 0 unspecified atom stereocenters. The van der Waals surface area contributed by atoms with E-state index in [0.29, 0.717) is 6.04 Å². The fourth-order valence-corrected chi connectivity index (χ4v) is 3.82. The van der Waals surface area contributed by atoms with Crippen LogP contribution in [-0.2, 0) is 0 Å². The highest BCUT2D eigenvalue weighted by Crippen LogP contribution is 2.46. The first-order valence-electron chi connectivity index (χ1n) is 8.31. The molecule has 1 saturated carbocycles. The Hall–Kier alpha value is -1.07. The molecule has 1 N–H and O–H groups in total. The van der Waals surface area contributed by atoms with Crippen LogP contribution in [0, 0.1) is 5.92 Å². The molecule has 2 fully saturated rings. The number of hydrogen-bond donors (Lipinski definition) is 1. The number of carbonyl (C=O) groups excluding carboxylic acids is 1. The summed E-state index contributed by atoms with van der Waals surface area (Å²) in [5, 5.41) is 4.68. The highest BCUT2D eigenvalue weighted by molar-refractivity contribution is 5.94. The number of carbonyl (C=O) groups is 1. The van der Waals surface area contributed by atoms with Crippen LogP contribution in [0.3, 0.4) is 0 Å². The van der Waals surface area contributed by atoms with Crippen molar-refractivity contribution in [3.63, 3.8) is 0 Å². The molecule has 0 amide bonds. The minimum absolute atomic E-state index is 0. The Morgan fingerprint density at radius 2 is 1.83 bits per heavy atom. The van der Waals surface area contributed by atoms with Crippen molar-refractivity contribution in [2.24, 2.45) is 5.92 Å². The first-order valence-corrected chi connectivity index (χ1v) is 8.31. The van der Waals surface area contributed by atoms with E-state index in [0.717, 1.165) is 37.6 Å². The molecule has 4 rings (SSSR count). The van der Waals surface area contributed by atoms with Gasteiger partial charge in [0.25, 0.3) is 0 Å². The molecular formula is C18H25Cl2N3O.